The van der Waals surface area contributed by atoms with Crippen LogP contribution in [-0.4, -0.2) is 0 Å². The molecule has 0 nitrogen and oxygen atoms in total. The molecule has 102 valence electrons. The summed E-state index contributed by atoms with van der Waals surface area (Å²) in [7, 11) is 0. The second-order valence-corrected chi connectivity index (χ2v) is 5.79. The van der Waals surface area contributed by atoms with Crippen LogP contribution in [0.5, 0.6) is 0 Å². The van der Waals surface area contributed by atoms with Crippen molar-refractivity contribution in [1.82, 2.24) is 0 Å². The highest BCUT2D eigenvalue weighted by Gasteiger charge is 2.25. The number of hydrogen-bond acceptors (Lipinski definition) is 0. The predicted octanol–water partition coefficient (Wildman–Crippen LogP) is 5.82. The molecule has 0 spiro atoms. The van der Waals surface area contributed by atoms with Crippen LogP contribution >= 0.6 is 0 Å². The molecule has 20 heavy (non-hydrogen) atoms. The first-order valence-electron chi connectivity index (χ1n) is 7.67. The maximum absolute atomic E-state index is 2.39. The number of rotatable bonds is 4. The Hall–Kier alpha value is -1.82. The zero-order valence-corrected chi connectivity index (χ0v) is 12.4. The summed E-state index contributed by atoms with van der Waals surface area (Å²) in [6, 6.07) is 17.8. The third-order valence-corrected chi connectivity index (χ3v) is 4.29. The molecule has 2 aromatic rings. The quantitative estimate of drug-likeness (QED) is 0.651. The minimum absolute atomic E-state index is 0.578. The lowest BCUT2D eigenvalue weighted by atomic mass is 9.87. The van der Waals surface area contributed by atoms with E-state index in [0.717, 1.165) is 0 Å². The maximum atomic E-state index is 2.39. The molecule has 0 aromatic heterocycles. The Morgan fingerprint density at radius 3 is 2.45 bits per heavy atom. The van der Waals surface area contributed by atoms with E-state index in [0.29, 0.717) is 5.92 Å². The van der Waals surface area contributed by atoms with Crippen LogP contribution in [0.3, 0.4) is 0 Å². The molecule has 1 unspecified atom stereocenters. The predicted molar refractivity (Wildman–Crippen MR) is 87.8 cm³/mol. The average molecular weight is 262 g/mol. The van der Waals surface area contributed by atoms with E-state index in [1.165, 1.54) is 47.1 Å². The number of allylic oxidation sites excluding steroid dienone is 1. The largest absolute Gasteiger partial charge is 0.0654 e. The summed E-state index contributed by atoms with van der Waals surface area (Å²) in [5.74, 6) is 0.578. The van der Waals surface area contributed by atoms with Gasteiger partial charge in [-0.25, -0.2) is 0 Å². The standard InChI is InChI=1S/C20H22/c1-3-4-8-19-18-9-6-5-7-17(18)14-20(19)16-12-10-15(2)11-13-16/h5-7,9-14,19H,3-4,8H2,1-2H3. The molecule has 1 aliphatic rings. The zero-order chi connectivity index (χ0) is 13.9. The van der Waals surface area contributed by atoms with Gasteiger partial charge in [0.25, 0.3) is 0 Å². The number of benzene rings is 2. The van der Waals surface area contributed by atoms with Crippen LogP contribution < -0.4 is 0 Å². The molecule has 0 saturated carbocycles. The van der Waals surface area contributed by atoms with Crippen molar-refractivity contribution in [2.45, 2.75) is 39.0 Å². The van der Waals surface area contributed by atoms with E-state index < -0.39 is 0 Å². The fourth-order valence-electron chi connectivity index (χ4n) is 3.15. The van der Waals surface area contributed by atoms with E-state index in [9.17, 15) is 0 Å². The van der Waals surface area contributed by atoms with Crippen molar-refractivity contribution in [2.24, 2.45) is 0 Å². The first-order chi connectivity index (χ1) is 9.79. The molecule has 0 aliphatic heterocycles. The third kappa shape index (κ3) is 2.43. The molecule has 1 aliphatic carbocycles. The van der Waals surface area contributed by atoms with Crippen molar-refractivity contribution in [3.8, 4) is 0 Å². The Morgan fingerprint density at radius 1 is 0.950 bits per heavy atom. The van der Waals surface area contributed by atoms with Gasteiger partial charge in [0, 0.05) is 5.92 Å². The van der Waals surface area contributed by atoms with Crippen molar-refractivity contribution in [3.63, 3.8) is 0 Å². The van der Waals surface area contributed by atoms with Crippen molar-refractivity contribution in [3.05, 3.63) is 70.8 Å². The minimum atomic E-state index is 0.578. The van der Waals surface area contributed by atoms with E-state index in [4.69, 9.17) is 0 Å². The molecule has 0 amide bonds. The lowest BCUT2D eigenvalue weighted by Crippen LogP contribution is -1.99. The Bertz CT molecular complexity index is 617. The minimum Gasteiger partial charge on any atom is -0.0654 e. The highest BCUT2D eigenvalue weighted by atomic mass is 14.3. The molecule has 0 heterocycles. The van der Waals surface area contributed by atoms with Crippen molar-refractivity contribution < 1.29 is 0 Å². The number of aryl methyl sites for hydroxylation is 1. The summed E-state index contributed by atoms with van der Waals surface area (Å²) in [6.45, 7) is 4.42. The summed E-state index contributed by atoms with van der Waals surface area (Å²) >= 11 is 0. The van der Waals surface area contributed by atoms with Crippen LogP contribution in [0.2, 0.25) is 0 Å². The Kier molecular flexibility index (Phi) is 3.73. The first kappa shape index (κ1) is 13.2. The third-order valence-electron chi connectivity index (χ3n) is 4.29. The molecule has 0 heteroatoms. The molecule has 1 atom stereocenters. The van der Waals surface area contributed by atoms with Crippen LogP contribution in [0, 0.1) is 6.92 Å². The molecule has 0 fully saturated rings. The molecular weight excluding hydrogens is 240 g/mol. The van der Waals surface area contributed by atoms with Gasteiger partial charge in [0.15, 0.2) is 0 Å². The monoisotopic (exact) mass is 262 g/mol. The van der Waals surface area contributed by atoms with E-state index in [2.05, 4.69) is 68.5 Å². The van der Waals surface area contributed by atoms with Gasteiger partial charge in [0.05, 0.1) is 0 Å². The average Bonchev–Trinajstić information content (AvgIpc) is 2.84. The van der Waals surface area contributed by atoms with Crippen molar-refractivity contribution in [1.29, 1.82) is 0 Å². The fourth-order valence-corrected chi connectivity index (χ4v) is 3.15. The van der Waals surface area contributed by atoms with Gasteiger partial charge < -0.3 is 0 Å². The lowest BCUT2D eigenvalue weighted by Gasteiger charge is -2.17. The van der Waals surface area contributed by atoms with E-state index in [-0.39, 0.29) is 0 Å². The molecular formula is C20H22. The van der Waals surface area contributed by atoms with Gasteiger partial charge in [-0.2, -0.15) is 0 Å². The summed E-state index contributed by atoms with van der Waals surface area (Å²) in [6.07, 6.45) is 6.20. The molecule has 3 rings (SSSR count). The highest BCUT2D eigenvalue weighted by molar-refractivity contribution is 5.91. The first-order valence-corrected chi connectivity index (χ1v) is 7.67. The SMILES string of the molecule is CCCCC1C(c2ccc(C)cc2)=Cc2ccccc21. The van der Waals surface area contributed by atoms with Crippen LogP contribution in [0.25, 0.3) is 11.6 Å². The summed E-state index contributed by atoms with van der Waals surface area (Å²) in [4.78, 5) is 0. The normalized spacial score (nSPS) is 16.9. The fraction of sp³-hybridized carbons (Fsp3) is 0.300. The van der Waals surface area contributed by atoms with Crippen molar-refractivity contribution >= 4 is 11.6 Å². The van der Waals surface area contributed by atoms with Crippen LogP contribution in [0.4, 0.5) is 0 Å². The van der Waals surface area contributed by atoms with E-state index >= 15 is 0 Å². The van der Waals surface area contributed by atoms with Crippen LogP contribution in [0.15, 0.2) is 48.5 Å². The summed E-state index contributed by atoms with van der Waals surface area (Å²) < 4.78 is 0. The number of fused-ring (bicyclic) bond motifs is 1. The molecule has 0 radical (unpaired) electrons. The Morgan fingerprint density at radius 2 is 1.70 bits per heavy atom. The smallest absolute Gasteiger partial charge is 0.0101 e. The van der Waals surface area contributed by atoms with Gasteiger partial charge in [-0.1, -0.05) is 79.9 Å². The lowest BCUT2D eigenvalue weighted by molar-refractivity contribution is 0.678. The van der Waals surface area contributed by atoms with Gasteiger partial charge in [0.1, 0.15) is 0 Å². The Labute approximate surface area is 122 Å². The molecule has 0 N–H and O–H groups in total. The van der Waals surface area contributed by atoms with Gasteiger partial charge in [0.2, 0.25) is 0 Å². The number of hydrogen-bond donors (Lipinski definition) is 0. The van der Waals surface area contributed by atoms with Gasteiger partial charge in [-0.15, -0.1) is 0 Å². The van der Waals surface area contributed by atoms with Gasteiger partial charge >= 0.3 is 0 Å². The molecule has 0 saturated heterocycles. The second kappa shape index (κ2) is 5.66. The van der Waals surface area contributed by atoms with Gasteiger partial charge in [-0.05, 0) is 35.6 Å². The van der Waals surface area contributed by atoms with E-state index in [1.807, 2.05) is 0 Å². The molecule has 2 aromatic carbocycles. The molecule has 0 bridgehead atoms. The summed E-state index contributed by atoms with van der Waals surface area (Å²) in [5, 5.41) is 0. The van der Waals surface area contributed by atoms with Crippen LogP contribution in [0.1, 0.15) is 54.4 Å². The number of unbranched alkanes of at least 4 members (excludes halogenated alkanes) is 1. The van der Waals surface area contributed by atoms with Crippen molar-refractivity contribution in [2.75, 3.05) is 0 Å². The van der Waals surface area contributed by atoms with Gasteiger partial charge in [-0.3, -0.25) is 0 Å². The topological polar surface area (TPSA) is 0 Å². The van der Waals surface area contributed by atoms with Crippen LogP contribution in [-0.2, 0) is 0 Å². The van der Waals surface area contributed by atoms with E-state index in [1.54, 1.807) is 0 Å². The zero-order valence-electron chi connectivity index (χ0n) is 12.4. The summed E-state index contributed by atoms with van der Waals surface area (Å²) in [5.41, 5.74) is 7.13. The maximum Gasteiger partial charge on any atom is 0.0101 e. The second-order valence-electron chi connectivity index (χ2n) is 5.79. The highest BCUT2D eigenvalue weighted by Crippen LogP contribution is 2.44. The Balaban J connectivity index is 1.99.